The molecule has 0 saturated carbocycles. The van der Waals surface area contributed by atoms with Crippen molar-refractivity contribution in [1.82, 2.24) is 9.80 Å². The van der Waals surface area contributed by atoms with Gasteiger partial charge in [-0.2, -0.15) is 0 Å². The number of carbonyl (C=O) groups excluding carboxylic acids is 2. The number of hydrogen-bond donors (Lipinski definition) is 1. The Balaban J connectivity index is 1.48. The third kappa shape index (κ3) is 4.43. The summed E-state index contributed by atoms with van der Waals surface area (Å²) in [5, 5.41) is 2.59. The van der Waals surface area contributed by atoms with E-state index in [1.165, 1.54) is 23.5 Å². The maximum atomic E-state index is 13.6. The molecule has 0 aliphatic carbocycles. The zero-order valence-electron chi connectivity index (χ0n) is 14.0. The van der Waals surface area contributed by atoms with Gasteiger partial charge in [-0.25, -0.2) is 4.39 Å². The lowest BCUT2D eigenvalue weighted by Crippen LogP contribution is -2.50. The average molecular weight is 361 g/mol. The number of amides is 2. The fourth-order valence-corrected chi connectivity index (χ4v) is 3.61. The molecule has 1 saturated heterocycles. The van der Waals surface area contributed by atoms with Gasteiger partial charge in [-0.1, -0.05) is 12.1 Å². The van der Waals surface area contributed by atoms with Crippen LogP contribution < -0.4 is 5.32 Å². The van der Waals surface area contributed by atoms with E-state index < -0.39 is 5.82 Å². The minimum Gasteiger partial charge on any atom is -0.335 e. The zero-order valence-corrected chi connectivity index (χ0v) is 14.8. The number of rotatable bonds is 4. The molecule has 7 heteroatoms. The van der Waals surface area contributed by atoms with Crippen molar-refractivity contribution in [3.63, 3.8) is 0 Å². The number of carbonyl (C=O) groups is 2. The molecule has 0 spiro atoms. The van der Waals surface area contributed by atoms with Gasteiger partial charge in [0.05, 0.1) is 17.1 Å². The van der Waals surface area contributed by atoms with Crippen LogP contribution in [0, 0.1) is 12.7 Å². The molecule has 2 heterocycles. The highest BCUT2D eigenvalue weighted by Gasteiger charge is 2.24. The van der Waals surface area contributed by atoms with E-state index in [1.54, 1.807) is 12.1 Å². The lowest BCUT2D eigenvalue weighted by Gasteiger charge is -2.34. The molecule has 1 aliphatic rings. The standard InChI is InChI=1S/C18H20FN3O2S/c1-13-6-7-16(25-13)18(24)22-10-8-21(9-11-22)12-17(23)20-15-5-3-2-4-14(15)19/h2-7H,8-12H2,1H3,(H,20,23). The van der Waals surface area contributed by atoms with Gasteiger partial charge in [0.15, 0.2) is 0 Å². The number of nitrogens with zero attached hydrogens (tertiary/aromatic N) is 2. The fourth-order valence-electron chi connectivity index (χ4n) is 2.77. The van der Waals surface area contributed by atoms with Crippen LogP contribution in [0.2, 0.25) is 0 Å². The Labute approximate surface area is 150 Å². The van der Waals surface area contributed by atoms with E-state index >= 15 is 0 Å². The van der Waals surface area contributed by atoms with E-state index in [9.17, 15) is 14.0 Å². The number of anilines is 1. The van der Waals surface area contributed by atoms with Crippen molar-refractivity contribution < 1.29 is 14.0 Å². The monoisotopic (exact) mass is 361 g/mol. The Morgan fingerprint density at radius 2 is 1.84 bits per heavy atom. The smallest absolute Gasteiger partial charge is 0.264 e. The maximum Gasteiger partial charge on any atom is 0.264 e. The number of aryl methyl sites for hydroxylation is 1. The minimum atomic E-state index is -0.447. The molecule has 3 rings (SSSR count). The van der Waals surface area contributed by atoms with Gasteiger partial charge in [-0.05, 0) is 31.2 Å². The molecule has 1 aliphatic heterocycles. The number of halogens is 1. The summed E-state index contributed by atoms with van der Waals surface area (Å²) in [6, 6.07) is 9.91. The summed E-state index contributed by atoms with van der Waals surface area (Å²) in [7, 11) is 0. The van der Waals surface area contributed by atoms with E-state index in [4.69, 9.17) is 0 Å². The molecular weight excluding hydrogens is 341 g/mol. The van der Waals surface area contributed by atoms with Crippen LogP contribution >= 0.6 is 11.3 Å². The summed E-state index contributed by atoms with van der Waals surface area (Å²) in [5.74, 6) is -0.648. The first-order valence-electron chi connectivity index (χ1n) is 8.15. The maximum absolute atomic E-state index is 13.6. The second-order valence-electron chi connectivity index (χ2n) is 6.01. The van der Waals surface area contributed by atoms with Crippen molar-refractivity contribution in [3.05, 3.63) is 52.0 Å². The van der Waals surface area contributed by atoms with Gasteiger partial charge in [-0.3, -0.25) is 14.5 Å². The molecule has 0 bridgehead atoms. The second-order valence-corrected chi connectivity index (χ2v) is 7.29. The summed E-state index contributed by atoms with van der Waals surface area (Å²) in [6.07, 6.45) is 0. The van der Waals surface area contributed by atoms with Gasteiger partial charge in [0.25, 0.3) is 5.91 Å². The Kier molecular flexibility index (Phi) is 5.45. The molecule has 1 fully saturated rings. The SMILES string of the molecule is Cc1ccc(C(=O)N2CCN(CC(=O)Nc3ccccc3F)CC2)s1. The fraction of sp³-hybridized carbons (Fsp3) is 0.333. The van der Waals surface area contributed by atoms with Crippen LogP contribution in [0.15, 0.2) is 36.4 Å². The summed E-state index contributed by atoms with van der Waals surface area (Å²) in [5.41, 5.74) is 0.189. The number of piperazine rings is 1. The summed E-state index contributed by atoms with van der Waals surface area (Å²) < 4.78 is 13.6. The number of thiophene rings is 1. The first kappa shape index (κ1) is 17.6. The predicted octanol–water partition coefficient (Wildman–Crippen LogP) is 2.59. The van der Waals surface area contributed by atoms with Crippen molar-refractivity contribution in [2.45, 2.75) is 6.92 Å². The Hall–Kier alpha value is -2.25. The first-order chi connectivity index (χ1) is 12.0. The van der Waals surface area contributed by atoms with E-state index in [0.29, 0.717) is 26.2 Å². The number of benzene rings is 1. The van der Waals surface area contributed by atoms with E-state index in [0.717, 1.165) is 9.75 Å². The molecule has 1 aromatic heterocycles. The van der Waals surface area contributed by atoms with Gasteiger partial charge >= 0.3 is 0 Å². The third-order valence-corrected chi connectivity index (χ3v) is 5.11. The van der Waals surface area contributed by atoms with Crippen molar-refractivity contribution in [1.29, 1.82) is 0 Å². The van der Waals surface area contributed by atoms with Crippen LogP contribution in [0.1, 0.15) is 14.5 Å². The lowest BCUT2D eigenvalue weighted by molar-refractivity contribution is -0.117. The molecule has 2 aromatic rings. The number of hydrogen-bond acceptors (Lipinski definition) is 4. The van der Waals surface area contributed by atoms with Crippen molar-refractivity contribution in [2.24, 2.45) is 0 Å². The Morgan fingerprint density at radius 1 is 1.12 bits per heavy atom. The Bertz CT molecular complexity index is 769. The highest BCUT2D eigenvalue weighted by Crippen LogP contribution is 2.18. The van der Waals surface area contributed by atoms with Crippen molar-refractivity contribution >= 4 is 28.8 Å². The normalized spacial score (nSPS) is 15.2. The Morgan fingerprint density at radius 3 is 2.48 bits per heavy atom. The molecule has 1 aromatic carbocycles. The quantitative estimate of drug-likeness (QED) is 0.911. The molecule has 5 nitrogen and oxygen atoms in total. The van der Waals surface area contributed by atoms with Gasteiger partial charge in [0.1, 0.15) is 5.82 Å². The molecule has 1 N–H and O–H groups in total. The van der Waals surface area contributed by atoms with Gasteiger partial charge < -0.3 is 10.2 Å². The summed E-state index contributed by atoms with van der Waals surface area (Å²) in [4.78, 5) is 30.1. The van der Waals surface area contributed by atoms with Gasteiger partial charge in [0.2, 0.25) is 5.91 Å². The van der Waals surface area contributed by atoms with Crippen molar-refractivity contribution in [3.8, 4) is 0 Å². The summed E-state index contributed by atoms with van der Waals surface area (Å²) >= 11 is 1.50. The molecule has 132 valence electrons. The van der Waals surface area contributed by atoms with Gasteiger partial charge in [-0.15, -0.1) is 11.3 Å². The predicted molar refractivity (Wildman–Crippen MR) is 96.4 cm³/mol. The number of para-hydroxylation sites is 1. The van der Waals surface area contributed by atoms with Crippen LogP contribution in [-0.4, -0.2) is 54.3 Å². The van der Waals surface area contributed by atoms with E-state index in [1.807, 2.05) is 28.9 Å². The highest BCUT2D eigenvalue weighted by atomic mass is 32.1. The second kappa shape index (κ2) is 7.76. The first-order valence-corrected chi connectivity index (χ1v) is 8.97. The largest absolute Gasteiger partial charge is 0.335 e. The van der Waals surface area contributed by atoms with Crippen LogP contribution in [0.5, 0.6) is 0 Å². The van der Waals surface area contributed by atoms with E-state index in [2.05, 4.69) is 5.32 Å². The van der Waals surface area contributed by atoms with Gasteiger partial charge in [0, 0.05) is 31.1 Å². The van der Waals surface area contributed by atoms with E-state index in [-0.39, 0.29) is 24.0 Å². The molecule has 0 unspecified atom stereocenters. The molecular formula is C18H20FN3O2S. The highest BCUT2D eigenvalue weighted by molar-refractivity contribution is 7.13. The van der Waals surface area contributed by atoms with Crippen LogP contribution in [0.4, 0.5) is 10.1 Å². The topological polar surface area (TPSA) is 52.7 Å². The van der Waals surface area contributed by atoms with Crippen molar-refractivity contribution in [2.75, 3.05) is 38.0 Å². The molecule has 0 radical (unpaired) electrons. The molecule has 25 heavy (non-hydrogen) atoms. The van der Waals surface area contributed by atoms with Crippen LogP contribution in [0.25, 0.3) is 0 Å². The minimum absolute atomic E-state index is 0.0496. The lowest BCUT2D eigenvalue weighted by atomic mass is 10.2. The van der Waals surface area contributed by atoms with Crippen LogP contribution in [0.3, 0.4) is 0 Å². The summed E-state index contributed by atoms with van der Waals surface area (Å²) in [6.45, 7) is 4.59. The zero-order chi connectivity index (χ0) is 17.8. The molecule has 0 atom stereocenters. The number of nitrogens with one attached hydrogen (secondary N) is 1. The third-order valence-electron chi connectivity index (χ3n) is 4.13. The average Bonchev–Trinajstić information content (AvgIpc) is 3.03. The van der Waals surface area contributed by atoms with Crippen LogP contribution in [-0.2, 0) is 4.79 Å². The molecule has 2 amide bonds.